The molecule has 31 heavy (non-hydrogen) atoms. The van der Waals surface area contributed by atoms with Crippen LogP contribution in [0, 0.1) is 10.1 Å². The molecule has 0 radical (unpaired) electrons. The number of hydrogen-bond acceptors (Lipinski definition) is 5. The van der Waals surface area contributed by atoms with E-state index in [9.17, 15) is 18.5 Å². The summed E-state index contributed by atoms with van der Waals surface area (Å²) in [7, 11) is -3.70. The number of nitrogens with zero attached hydrogens (tertiary/aromatic N) is 3. The predicted molar refractivity (Wildman–Crippen MR) is 118 cm³/mol. The molecule has 1 heterocycles. The van der Waals surface area contributed by atoms with E-state index in [-0.39, 0.29) is 16.6 Å². The van der Waals surface area contributed by atoms with Crippen LogP contribution in [0.4, 0.5) is 5.69 Å². The second kappa shape index (κ2) is 8.97. The van der Waals surface area contributed by atoms with Gasteiger partial charge in [0.05, 0.1) is 15.9 Å². The van der Waals surface area contributed by atoms with E-state index >= 15 is 0 Å². The van der Waals surface area contributed by atoms with Crippen LogP contribution in [0.5, 0.6) is 0 Å². The molecule has 1 aliphatic rings. The number of non-ortho nitro benzene ring substituents is 1. The molecule has 0 amide bonds. The summed E-state index contributed by atoms with van der Waals surface area (Å²) >= 11 is 0. The van der Waals surface area contributed by atoms with E-state index < -0.39 is 14.9 Å². The van der Waals surface area contributed by atoms with Crippen LogP contribution in [-0.4, -0.2) is 48.7 Å². The van der Waals surface area contributed by atoms with Crippen LogP contribution in [0.2, 0.25) is 0 Å². The van der Waals surface area contributed by atoms with E-state index in [0.29, 0.717) is 26.2 Å². The molecule has 1 aliphatic heterocycles. The van der Waals surface area contributed by atoms with E-state index in [1.807, 2.05) is 36.4 Å². The minimum atomic E-state index is -3.70. The maximum absolute atomic E-state index is 13.0. The van der Waals surface area contributed by atoms with Crippen molar-refractivity contribution in [2.24, 2.45) is 0 Å². The first-order valence-electron chi connectivity index (χ1n) is 10.1. The minimum absolute atomic E-state index is 0.0478. The monoisotopic (exact) mass is 437 g/mol. The molecule has 0 spiro atoms. The molecular formula is C23H23N3O4S. The van der Waals surface area contributed by atoms with Crippen LogP contribution in [0.1, 0.15) is 17.2 Å². The second-order valence-electron chi connectivity index (χ2n) is 7.41. The van der Waals surface area contributed by atoms with Gasteiger partial charge in [-0.3, -0.25) is 15.0 Å². The van der Waals surface area contributed by atoms with Crippen molar-refractivity contribution in [2.45, 2.75) is 10.9 Å². The van der Waals surface area contributed by atoms with Gasteiger partial charge in [-0.05, 0) is 23.3 Å². The van der Waals surface area contributed by atoms with Gasteiger partial charge in [0.1, 0.15) is 0 Å². The fraction of sp³-hybridized carbons (Fsp3) is 0.217. The number of benzene rings is 3. The molecule has 0 aliphatic carbocycles. The predicted octanol–water partition coefficient (Wildman–Crippen LogP) is 3.69. The number of rotatable bonds is 6. The summed E-state index contributed by atoms with van der Waals surface area (Å²) in [5.41, 5.74) is 2.21. The Morgan fingerprint density at radius 2 is 1.23 bits per heavy atom. The molecule has 8 heteroatoms. The van der Waals surface area contributed by atoms with E-state index in [2.05, 4.69) is 29.2 Å². The van der Waals surface area contributed by atoms with Gasteiger partial charge in [-0.15, -0.1) is 0 Å². The lowest BCUT2D eigenvalue weighted by molar-refractivity contribution is -0.384. The van der Waals surface area contributed by atoms with E-state index in [1.165, 1.54) is 39.7 Å². The number of hydrogen-bond donors (Lipinski definition) is 0. The Balaban J connectivity index is 1.53. The highest BCUT2D eigenvalue weighted by Crippen LogP contribution is 2.30. The summed E-state index contributed by atoms with van der Waals surface area (Å²) < 4.78 is 27.5. The summed E-state index contributed by atoms with van der Waals surface area (Å²) in [5.74, 6) is 0. The average molecular weight is 438 g/mol. The molecule has 1 saturated heterocycles. The van der Waals surface area contributed by atoms with Crippen molar-refractivity contribution in [3.63, 3.8) is 0 Å². The zero-order chi connectivity index (χ0) is 21.8. The highest BCUT2D eigenvalue weighted by Gasteiger charge is 2.32. The van der Waals surface area contributed by atoms with Crippen molar-refractivity contribution in [1.82, 2.24) is 9.21 Å². The van der Waals surface area contributed by atoms with Crippen molar-refractivity contribution >= 4 is 15.7 Å². The number of sulfonamides is 1. The van der Waals surface area contributed by atoms with Crippen LogP contribution in [0.3, 0.4) is 0 Å². The van der Waals surface area contributed by atoms with Gasteiger partial charge in [0.2, 0.25) is 10.0 Å². The molecule has 4 rings (SSSR count). The number of nitro groups is 1. The maximum atomic E-state index is 13.0. The maximum Gasteiger partial charge on any atom is 0.269 e. The van der Waals surface area contributed by atoms with Crippen LogP contribution in [0.25, 0.3) is 0 Å². The van der Waals surface area contributed by atoms with Crippen LogP contribution in [-0.2, 0) is 10.0 Å². The quantitative estimate of drug-likeness (QED) is 0.434. The zero-order valence-corrected chi connectivity index (χ0v) is 17.7. The van der Waals surface area contributed by atoms with Gasteiger partial charge in [-0.2, -0.15) is 4.31 Å². The minimum Gasteiger partial charge on any atom is -0.290 e. The van der Waals surface area contributed by atoms with Crippen LogP contribution in [0.15, 0.2) is 89.8 Å². The van der Waals surface area contributed by atoms with Gasteiger partial charge >= 0.3 is 0 Å². The Morgan fingerprint density at radius 3 is 1.68 bits per heavy atom. The highest BCUT2D eigenvalue weighted by molar-refractivity contribution is 7.89. The Bertz CT molecular complexity index is 1090. The van der Waals surface area contributed by atoms with Crippen LogP contribution < -0.4 is 0 Å². The normalized spacial score (nSPS) is 15.8. The second-order valence-corrected chi connectivity index (χ2v) is 9.35. The van der Waals surface area contributed by atoms with Crippen LogP contribution >= 0.6 is 0 Å². The van der Waals surface area contributed by atoms with Crippen molar-refractivity contribution in [3.05, 3.63) is 106 Å². The lowest BCUT2D eigenvalue weighted by atomic mass is 9.96. The van der Waals surface area contributed by atoms with Gasteiger partial charge < -0.3 is 0 Å². The molecule has 3 aromatic rings. The van der Waals surface area contributed by atoms with E-state index in [4.69, 9.17) is 0 Å². The molecule has 7 nitrogen and oxygen atoms in total. The highest BCUT2D eigenvalue weighted by atomic mass is 32.2. The fourth-order valence-corrected chi connectivity index (χ4v) is 5.40. The Hall–Kier alpha value is -3.07. The van der Waals surface area contributed by atoms with Crippen molar-refractivity contribution < 1.29 is 13.3 Å². The topological polar surface area (TPSA) is 83.8 Å². The molecule has 0 N–H and O–H groups in total. The van der Waals surface area contributed by atoms with Gasteiger partial charge in [-0.1, -0.05) is 60.7 Å². The van der Waals surface area contributed by atoms with Gasteiger partial charge in [-0.25, -0.2) is 8.42 Å². The molecular weight excluding hydrogens is 414 g/mol. The number of piperazine rings is 1. The summed E-state index contributed by atoms with van der Waals surface area (Å²) in [6.45, 7) is 1.88. The third-order valence-corrected chi connectivity index (χ3v) is 7.47. The smallest absolute Gasteiger partial charge is 0.269 e. The standard InChI is InChI=1S/C23H23N3O4S/c27-26(28)21-11-13-22(14-12-21)31(29,30)25-17-15-24(16-18-25)23(19-7-3-1-4-8-19)20-9-5-2-6-10-20/h1-14,23H,15-18H2. The first-order valence-corrected chi connectivity index (χ1v) is 11.5. The summed E-state index contributed by atoms with van der Waals surface area (Å²) in [6.07, 6.45) is 0. The largest absolute Gasteiger partial charge is 0.290 e. The Kier molecular flexibility index (Phi) is 6.13. The number of nitro benzene ring substituents is 1. The van der Waals surface area contributed by atoms with Gasteiger partial charge in [0.25, 0.3) is 5.69 Å². The lowest BCUT2D eigenvalue weighted by Crippen LogP contribution is -2.49. The SMILES string of the molecule is O=[N+]([O-])c1ccc(S(=O)(=O)N2CCN(C(c3ccccc3)c3ccccc3)CC2)cc1. The first-order chi connectivity index (χ1) is 15.0. The van der Waals surface area contributed by atoms with Crippen molar-refractivity contribution in [1.29, 1.82) is 0 Å². The first kappa shape index (κ1) is 21.2. The van der Waals surface area contributed by atoms with Crippen molar-refractivity contribution in [2.75, 3.05) is 26.2 Å². The fourth-order valence-electron chi connectivity index (χ4n) is 3.98. The third kappa shape index (κ3) is 4.51. The van der Waals surface area contributed by atoms with Crippen molar-refractivity contribution in [3.8, 4) is 0 Å². The summed E-state index contributed by atoms with van der Waals surface area (Å²) in [6, 6.07) is 25.5. The third-order valence-electron chi connectivity index (χ3n) is 5.55. The molecule has 1 fully saturated rings. The molecule has 0 atom stereocenters. The van der Waals surface area contributed by atoms with Gasteiger partial charge in [0, 0.05) is 38.3 Å². The lowest BCUT2D eigenvalue weighted by Gasteiger charge is -2.39. The molecule has 0 saturated carbocycles. The van der Waals surface area contributed by atoms with Gasteiger partial charge in [0.15, 0.2) is 0 Å². The molecule has 3 aromatic carbocycles. The zero-order valence-electron chi connectivity index (χ0n) is 16.9. The molecule has 0 unspecified atom stereocenters. The van der Waals surface area contributed by atoms with E-state index in [0.717, 1.165) is 0 Å². The molecule has 0 bridgehead atoms. The Labute approximate surface area is 181 Å². The Morgan fingerprint density at radius 1 is 0.742 bits per heavy atom. The average Bonchev–Trinajstić information content (AvgIpc) is 2.81. The summed E-state index contributed by atoms with van der Waals surface area (Å²) in [4.78, 5) is 12.7. The molecule has 160 valence electrons. The molecule has 0 aromatic heterocycles. The van der Waals surface area contributed by atoms with E-state index in [1.54, 1.807) is 0 Å². The summed E-state index contributed by atoms with van der Waals surface area (Å²) in [5, 5.41) is 10.8.